The Morgan fingerprint density at radius 2 is 1.52 bits per heavy atom. The van der Waals surface area contributed by atoms with Crippen molar-refractivity contribution in [2.45, 2.75) is 188 Å². The van der Waals surface area contributed by atoms with Crippen molar-refractivity contribution in [2.24, 2.45) is 46.3 Å². The van der Waals surface area contributed by atoms with Gasteiger partial charge < -0.3 is 20.3 Å². The average Bonchev–Trinajstić information content (AvgIpc) is 3.48. The van der Waals surface area contributed by atoms with Gasteiger partial charge in [0.05, 0.1) is 6.10 Å². The van der Waals surface area contributed by atoms with Gasteiger partial charge in [0.2, 0.25) is 5.91 Å². The zero-order valence-corrected chi connectivity index (χ0v) is 33.4. The molecule has 296 valence electrons. The van der Waals surface area contributed by atoms with Crippen molar-refractivity contribution in [1.82, 2.24) is 5.32 Å². The molecule has 4 rings (SSSR count). The molecule has 52 heavy (non-hydrogen) atoms. The van der Waals surface area contributed by atoms with Crippen LogP contribution in [0.2, 0.25) is 0 Å². The Labute approximate surface area is 316 Å². The van der Waals surface area contributed by atoms with Gasteiger partial charge in [-0.25, -0.2) is 0 Å². The SMILES string of the molecule is CCCCCC/C=C\C/C=C\CCCCCCCC(=O)OC1CCC2(C)C(CCC3C2CC(O)C2(C)C(C(C)CCC(=O)NCC(=O)O)CCC32)C1. The molecule has 4 saturated carbocycles. The van der Waals surface area contributed by atoms with E-state index in [1.165, 1.54) is 64.2 Å². The van der Waals surface area contributed by atoms with Gasteiger partial charge in [0, 0.05) is 12.8 Å². The number of fused-ring (bicyclic) bond motifs is 5. The molecule has 0 aromatic rings. The lowest BCUT2D eigenvalue weighted by atomic mass is 9.43. The molecule has 0 radical (unpaired) electrons. The standard InChI is InChI=1S/C45H75NO6/c1-5-6-7-8-9-10-11-12-13-14-15-16-17-18-19-20-21-43(51)52-35-28-29-44(3)34(30-35)23-24-36-38-26-25-37(45(38,4)40(47)31-39(36)44)33(2)22-27-41(48)46-32-42(49)50/h10-11,13-14,33-40,47H,5-9,12,15-32H2,1-4H3,(H,46,48)(H,49,50)/b11-10-,14-13-. The molecule has 4 aliphatic rings. The fourth-order valence-electron chi connectivity index (χ4n) is 11.6. The van der Waals surface area contributed by atoms with Gasteiger partial charge in [0.15, 0.2) is 0 Å². The molecule has 0 heterocycles. The first-order valence-corrected chi connectivity index (χ1v) is 21.7. The van der Waals surface area contributed by atoms with Crippen molar-refractivity contribution in [3.8, 4) is 0 Å². The number of carboxylic acid groups (broad SMARTS) is 1. The highest BCUT2D eigenvalue weighted by Crippen LogP contribution is 2.68. The molecule has 7 heteroatoms. The molecule has 3 N–H and O–H groups in total. The van der Waals surface area contributed by atoms with Gasteiger partial charge >= 0.3 is 11.9 Å². The first-order valence-electron chi connectivity index (χ1n) is 21.7. The van der Waals surface area contributed by atoms with Crippen LogP contribution in [0.3, 0.4) is 0 Å². The van der Waals surface area contributed by atoms with E-state index in [9.17, 15) is 19.5 Å². The van der Waals surface area contributed by atoms with Crippen LogP contribution >= 0.6 is 0 Å². The van der Waals surface area contributed by atoms with Gasteiger partial charge in [-0.05, 0) is 143 Å². The maximum absolute atomic E-state index is 12.8. The number of nitrogens with one attached hydrogen (secondary N) is 1. The highest BCUT2D eigenvalue weighted by molar-refractivity contribution is 5.81. The van der Waals surface area contributed by atoms with Gasteiger partial charge in [-0.15, -0.1) is 0 Å². The second-order valence-corrected chi connectivity index (χ2v) is 17.9. The maximum Gasteiger partial charge on any atom is 0.322 e. The first-order chi connectivity index (χ1) is 25.0. The number of carboxylic acids is 1. The van der Waals surface area contributed by atoms with E-state index < -0.39 is 5.97 Å². The van der Waals surface area contributed by atoms with Crippen LogP contribution in [0, 0.1) is 46.3 Å². The third-order valence-electron chi connectivity index (χ3n) is 14.6. The minimum absolute atomic E-state index is 0.0158. The van der Waals surface area contributed by atoms with Crippen LogP contribution in [-0.2, 0) is 19.1 Å². The van der Waals surface area contributed by atoms with Crippen LogP contribution in [-0.4, -0.2) is 46.8 Å². The molecule has 1 amide bonds. The number of aliphatic hydroxyl groups is 1. The molecular weight excluding hydrogens is 650 g/mol. The quantitative estimate of drug-likeness (QED) is 0.0582. The van der Waals surface area contributed by atoms with Crippen molar-refractivity contribution in [2.75, 3.05) is 6.54 Å². The largest absolute Gasteiger partial charge is 0.480 e. The zero-order valence-electron chi connectivity index (χ0n) is 33.4. The highest BCUT2D eigenvalue weighted by Gasteiger charge is 2.63. The summed E-state index contributed by atoms with van der Waals surface area (Å²) in [5, 5.41) is 23.3. The smallest absolute Gasteiger partial charge is 0.322 e. The molecule has 10 unspecified atom stereocenters. The third kappa shape index (κ3) is 11.4. The van der Waals surface area contributed by atoms with Crippen LogP contribution in [0.5, 0.6) is 0 Å². The normalized spacial score (nSPS) is 33.4. The minimum Gasteiger partial charge on any atom is -0.480 e. The number of amides is 1. The Balaban J connectivity index is 1.13. The van der Waals surface area contributed by atoms with Crippen molar-refractivity contribution in [3.63, 3.8) is 0 Å². The number of carbonyl (C=O) groups excluding carboxylic acids is 2. The summed E-state index contributed by atoms with van der Waals surface area (Å²) in [4.78, 5) is 35.9. The van der Waals surface area contributed by atoms with Crippen molar-refractivity contribution >= 4 is 17.8 Å². The Morgan fingerprint density at radius 3 is 2.23 bits per heavy atom. The minimum atomic E-state index is -1.02. The van der Waals surface area contributed by atoms with Crippen LogP contribution in [0.4, 0.5) is 0 Å². The second-order valence-electron chi connectivity index (χ2n) is 17.9. The van der Waals surface area contributed by atoms with Crippen LogP contribution in [0.15, 0.2) is 24.3 Å². The maximum atomic E-state index is 12.8. The topological polar surface area (TPSA) is 113 Å². The summed E-state index contributed by atoms with van der Waals surface area (Å²) in [6.45, 7) is 8.95. The number of unbranched alkanes of at least 4 members (excludes halogenated alkanes) is 9. The van der Waals surface area contributed by atoms with Crippen LogP contribution < -0.4 is 5.32 Å². The number of rotatable bonds is 22. The lowest BCUT2D eigenvalue weighted by Gasteiger charge is -2.62. The van der Waals surface area contributed by atoms with E-state index in [1.54, 1.807) is 0 Å². The summed E-state index contributed by atoms with van der Waals surface area (Å²) in [5.74, 6) is 1.57. The molecule has 0 saturated heterocycles. The summed E-state index contributed by atoms with van der Waals surface area (Å²) >= 11 is 0. The van der Waals surface area contributed by atoms with E-state index in [0.29, 0.717) is 48.3 Å². The van der Waals surface area contributed by atoms with E-state index >= 15 is 0 Å². The summed E-state index contributed by atoms with van der Waals surface area (Å²) in [6, 6.07) is 0. The van der Waals surface area contributed by atoms with Crippen molar-refractivity contribution in [3.05, 3.63) is 24.3 Å². The number of allylic oxidation sites excluding steroid dienone is 4. The van der Waals surface area contributed by atoms with E-state index in [-0.39, 0.29) is 41.5 Å². The predicted molar refractivity (Wildman–Crippen MR) is 210 cm³/mol. The monoisotopic (exact) mass is 726 g/mol. The number of aliphatic hydroxyl groups excluding tert-OH is 1. The van der Waals surface area contributed by atoms with Gasteiger partial charge in [-0.2, -0.15) is 0 Å². The van der Waals surface area contributed by atoms with Gasteiger partial charge in [-0.3, -0.25) is 14.4 Å². The molecule has 0 bridgehead atoms. The Kier molecular flexibility index (Phi) is 17.3. The number of carbonyl (C=O) groups is 3. The highest BCUT2D eigenvalue weighted by atomic mass is 16.5. The fraction of sp³-hybridized carbons (Fsp3) is 0.844. The predicted octanol–water partition coefficient (Wildman–Crippen LogP) is 10.3. The lowest BCUT2D eigenvalue weighted by molar-refractivity contribution is -0.181. The second kappa shape index (κ2) is 21.1. The number of esters is 1. The molecule has 0 aromatic carbocycles. The van der Waals surface area contributed by atoms with E-state index in [1.807, 2.05) is 0 Å². The lowest BCUT2D eigenvalue weighted by Crippen LogP contribution is -2.59. The Morgan fingerprint density at radius 1 is 0.827 bits per heavy atom. The van der Waals surface area contributed by atoms with Crippen molar-refractivity contribution in [1.29, 1.82) is 0 Å². The Bertz CT molecular complexity index is 1180. The first kappa shape index (κ1) is 42.6. The summed E-state index contributed by atoms with van der Waals surface area (Å²) < 4.78 is 6.10. The molecule has 4 fully saturated rings. The van der Waals surface area contributed by atoms with Gasteiger partial charge in [0.25, 0.3) is 0 Å². The molecular formula is C45H75NO6. The molecule has 7 nitrogen and oxygen atoms in total. The van der Waals surface area contributed by atoms with Crippen molar-refractivity contribution < 1.29 is 29.3 Å². The number of hydrogen-bond acceptors (Lipinski definition) is 5. The van der Waals surface area contributed by atoms with Gasteiger partial charge in [-0.1, -0.05) is 90.5 Å². The molecule has 10 atom stereocenters. The van der Waals surface area contributed by atoms with Crippen LogP contribution in [0.1, 0.15) is 175 Å². The summed E-state index contributed by atoms with van der Waals surface area (Å²) in [7, 11) is 0. The summed E-state index contributed by atoms with van der Waals surface area (Å²) in [6.07, 6.45) is 33.3. The van der Waals surface area contributed by atoms with E-state index in [0.717, 1.165) is 70.6 Å². The van der Waals surface area contributed by atoms with Gasteiger partial charge in [0.1, 0.15) is 12.6 Å². The Hall–Kier alpha value is -2.15. The molecule has 0 aliphatic heterocycles. The number of ether oxygens (including phenoxy) is 1. The van der Waals surface area contributed by atoms with Crippen LogP contribution in [0.25, 0.3) is 0 Å². The fourth-order valence-corrected chi connectivity index (χ4v) is 11.6. The number of hydrogen-bond donors (Lipinski definition) is 3. The molecule has 0 aromatic heterocycles. The average molecular weight is 726 g/mol. The van der Waals surface area contributed by atoms with E-state index in [2.05, 4.69) is 57.3 Å². The molecule has 0 spiro atoms. The zero-order chi connectivity index (χ0) is 37.6. The van der Waals surface area contributed by atoms with E-state index in [4.69, 9.17) is 9.84 Å². The number of aliphatic carboxylic acids is 1. The summed E-state index contributed by atoms with van der Waals surface area (Å²) in [5.41, 5.74) is 0.0371. The molecule has 4 aliphatic carbocycles. The third-order valence-corrected chi connectivity index (χ3v) is 14.6.